The van der Waals surface area contributed by atoms with Crippen LogP contribution < -0.4 is 15.2 Å². The molecule has 0 spiro atoms. The quantitative estimate of drug-likeness (QED) is 0.769. The van der Waals surface area contributed by atoms with Gasteiger partial charge in [0.15, 0.2) is 0 Å². The van der Waals surface area contributed by atoms with Crippen LogP contribution in [0.2, 0.25) is 0 Å². The van der Waals surface area contributed by atoms with Gasteiger partial charge in [0.05, 0.1) is 14.2 Å². The Labute approximate surface area is 87.4 Å². The molecule has 3 N–H and O–H groups in total. The van der Waals surface area contributed by atoms with Gasteiger partial charge in [-0.05, 0) is 17.7 Å². The highest BCUT2D eigenvalue weighted by atomic mass is 16.5. The lowest BCUT2D eigenvalue weighted by atomic mass is 10.1. The van der Waals surface area contributed by atoms with E-state index in [9.17, 15) is 4.79 Å². The molecule has 0 bridgehead atoms. The number of carboxylic acids is 1. The van der Waals surface area contributed by atoms with Crippen molar-refractivity contribution in [3.8, 4) is 11.5 Å². The molecule has 0 aromatic heterocycles. The summed E-state index contributed by atoms with van der Waals surface area (Å²) in [6.07, 6.45) is 0. The van der Waals surface area contributed by atoms with Gasteiger partial charge in [0.1, 0.15) is 17.5 Å². The average Bonchev–Trinajstić information content (AvgIpc) is 2.27. The normalized spacial score (nSPS) is 11.9. The molecule has 1 aromatic carbocycles. The Morgan fingerprint density at radius 3 is 2.07 bits per heavy atom. The van der Waals surface area contributed by atoms with Crippen molar-refractivity contribution in [2.45, 2.75) is 6.04 Å². The number of nitrogens with two attached hydrogens (primary N) is 1. The molecule has 5 nitrogen and oxygen atoms in total. The molecule has 0 radical (unpaired) electrons. The summed E-state index contributed by atoms with van der Waals surface area (Å²) in [7, 11) is 2.98. The van der Waals surface area contributed by atoms with Gasteiger partial charge in [-0.1, -0.05) is 0 Å². The fraction of sp³-hybridized carbons (Fsp3) is 0.300. The molecule has 1 aromatic rings. The third-order valence-corrected chi connectivity index (χ3v) is 2.00. The highest BCUT2D eigenvalue weighted by molar-refractivity contribution is 5.75. The zero-order valence-corrected chi connectivity index (χ0v) is 8.56. The summed E-state index contributed by atoms with van der Waals surface area (Å²) >= 11 is 0. The molecule has 0 amide bonds. The molecular weight excluding hydrogens is 198 g/mol. The van der Waals surface area contributed by atoms with Crippen molar-refractivity contribution in [2.75, 3.05) is 14.2 Å². The molecule has 0 aliphatic carbocycles. The Bertz CT molecular complexity index is 342. The number of hydrogen-bond donors (Lipinski definition) is 2. The van der Waals surface area contributed by atoms with E-state index in [0.29, 0.717) is 17.1 Å². The maximum absolute atomic E-state index is 10.7. The van der Waals surface area contributed by atoms with E-state index in [4.69, 9.17) is 20.3 Å². The molecule has 0 aliphatic heterocycles. The van der Waals surface area contributed by atoms with Crippen LogP contribution in [-0.2, 0) is 4.79 Å². The van der Waals surface area contributed by atoms with Crippen molar-refractivity contribution < 1.29 is 19.4 Å². The highest BCUT2D eigenvalue weighted by Crippen LogP contribution is 2.25. The number of ether oxygens (including phenoxy) is 2. The Kier molecular flexibility index (Phi) is 3.51. The first-order valence-corrected chi connectivity index (χ1v) is 4.30. The van der Waals surface area contributed by atoms with Crippen LogP contribution in [-0.4, -0.2) is 25.3 Å². The number of carbonyl (C=O) groups is 1. The monoisotopic (exact) mass is 211 g/mol. The van der Waals surface area contributed by atoms with Crippen LogP contribution >= 0.6 is 0 Å². The maximum Gasteiger partial charge on any atom is 0.325 e. The van der Waals surface area contributed by atoms with Crippen molar-refractivity contribution in [1.82, 2.24) is 0 Å². The first-order chi connectivity index (χ1) is 7.08. The second kappa shape index (κ2) is 4.65. The molecule has 0 aliphatic rings. The smallest absolute Gasteiger partial charge is 0.325 e. The third-order valence-electron chi connectivity index (χ3n) is 2.00. The van der Waals surface area contributed by atoms with Crippen LogP contribution in [0.4, 0.5) is 0 Å². The SMILES string of the molecule is COc1cc(OC)cc([C@H](N)C(=O)O)c1. The summed E-state index contributed by atoms with van der Waals surface area (Å²) in [5, 5.41) is 8.76. The Morgan fingerprint density at radius 2 is 1.73 bits per heavy atom. The lowest BCUT2D eigenvalue weighted by molar-refractivity contribution is -0.138. The zero-order valence-electron chi connectivity index (χ0n) is 8.56. The van der Waals surface area contributed by atoms with Gasteiger partial charge < -0.3 is 20.3 Å². The molecule has 1 rings (SSSR count). The third kappa shape index (κ3) is 2.60. The van der Waals surface area contributed by atoms with E-state index in [-0.39, 0.29) is 0 Å². The minimum atomic E-state index is -1.09. The van der Waals surface area contributed by atoms with Gasteiger partial charge >= 0.3 is 5.97 Å². The van der Waals surface area contributed by atoms with E-state index < -0.39 is 12.0 Å². The summed E-state index contributed by atoms with van der Waals surface area (Å²) < 4.78 is 10.00. The Morgan fingerprint density at radius 1 is 1.27 bits per heavy atom. The van der Waals surface area contributed by atoms with Gasteiger partial charge in [0, 0.05) is 6.07 Å². The van der Waals surface area contributed by atoms with Crippen molar-refractivity contribution in [3.05, 3.63) is 23.8 Å². The summed E-state index contributed by atoms with van der Waals surface area (Å²) in [6, 6.07) is 3.72. The molecule has 15 heavy (non-hydrogen) atoms. The molecule has 82 valence electrons. The topological polar surface area (TPSA) is 81.8 Å². The fourth-order valence-electron chi connectivity index (χ4n) is 1.15. The molecule has 0 fully saturated rings. The van der Waals surface area contributed by atoms with Gasteiger partial charge in [-0.3, -0.25) is 4.79 Å². The van der Waals surface area contributed by atoms with E-state index in [2.05, 4.69) is 0 Å². The molecule has 1 atom stereocenters. The molecule has 5 heteroatoms. The zero-order chi connectivity index (χ0) is 11.4. The van der Waals surface area contributed by atoms with Crippen molar-refractivity contribution in [2.24, 2.45) is 5.73 Å². The lowest BCUT2D eigenvalue weighted by Gasteiger charge is -2.11. The maximum atomic E-state index is 10.7. The Balaban J connectivity index is 3.11. The standard InChI is InChI=1S/C10H13NO4/c1-14-7-3-6(9(11)10(12)13)4-8(5-7)15-2/h3-5,9H,11H2,1-2H3,(H,12,13)/t9-/m0/s1. The second-order valence-electron chi connectivity index (χ2n) is 2.96. The average molecular weight is 211 g/mol. The van der Waals surface area contributed by atoms with Crippen LogP contribution in [0.3, 0.4) is 0 Å². The minimum absolute atomic E-state index is 0.443. The van der Waals surface area contributed by atoms with E-state index in [1.807, 2.05) is 0 Å². The summed E-state index contributed by atoms with van der Waals surface area (Å²) in [4.78, 5) is 10.7. The van der Waals surface area contributed by atoms with Gasteiger partial charge in [0.2, 0.25) is 0 Å². The summed E-state index contributed by atoms with van der Waals surface area (Å²) in [5.74, 6) is -0.0626. The summed E-state index contributed by atoms with van der Waals surface area (Å²) in [5.41, 5.74) is 5.92. The minimum Gasteiger partial charge on any atom is -0.497 e. The highest BCUT2D eigenvalue weighted by Gasteiger charge is 2.16. The molecule has 0 unspecified atom stereocenters. The molecular formula is C10H13NO4. The van der Waals surface area contributed by atoms with E-state index >= 15 is 0 Å². The van der Waals surface area contributed by atoms with Gasteiger partial charge in [-0.2, -0.15) is 0 Å². The van der Waals surface area contributed by atoms with Crippen LogP contribution in [0.25, 0.3) is 0 Å². The fourth-order valence-corrected chi connectivity index (χ4v) is 1.15. The van der Waals surface area contributed by atoms with Gasteiger partial charge in [-0.25, -0.2) is 0 Å². The van der Waals surface area contributed by atoms with Crippen molar-refractivity contribution in [1.29, 1.82) is 0 Å². The molecule has 0 saturated heterocycles. The number of benzene rings is 1. The van der Waals surface area contributed by atoms with Crippen LogP contribution in [0.5, 0.6) is 11.5 Å². The van der Waals surface area contributed by atoms with Gasteiger partial charge in [-0.15, -0.1) is 0 Å². The Hall–Kier alpha value is -1.75. The number of methoxy groups -OCH3 is 2. The lowest BCUT2D eigenvalue weighted by Crippen LogP contribution is -2.20. The van der Waals surface area contributed by atoms with Crippen LogP contribution in [0.1, 0.15) is 11.6 Å². The van der Waals surface area contributed by atoms with E-state index in [0.717, 1.165) is 0 Å². The van der Waals surface area contributed by atoms with Crippen molar-refractivity contribution >= 4 is 5.97 Å². The second-order valence-corrected chi connectivity index (χ2v) is 2.96. The van der Waals surface area contributed by atoms with Crippen LogP contribution in [0, 0.1) is 0 Å². The van der Waals surface area contributed by atoms with Gasteiger partial charge in [0.25, 0.3) is 0 Å². The van der Waals surface area contributed by atoms with Crippen LogP contribution in [0.15, 0.2) is 18.2 Å². The predicted molar refractivity (Wildman–Crippen MR) is 54.1 cm³/mol. The molecule has 0 heterocycles. The predicted octanol–water partition coefficient (Wildman–Crippen LogP) is 0.788. The molecule has 0 saturated carbocycles. The number of aliphatic carboxylic acids is 1. The summed E-state index contributed by atoms with van der Waals surface area (Å²) in [6.45, 7) is 0. The van der Waals surface area contributed by atoms with E-state index in [1.54, 1.807) is 18.2 Å². The first-order valence-electron chi connectivity index (χ1n) is 4.30. The largest absolute Gasteiger partial charge is 0.497 e. The number of rotatable bonds is 4. The first kappa shape index (κ1) is 11.3. The van der Waals surface area contributed by atoms with E-state index in [1.165, 1.54) is 14.2 Å². The van der Waals surface area contributed by atoms with Crippen molar-refractivity contribution in [3.63, 3.8) is 0 Å². The number of carboxylic acid groups (broad SMARTS) is 1. The number of hydrogen-bond acceptors (Lipinski definition) is 4.